The van der Waals surface area contributed by atoms with Crippen LogP contribution in [0, 0.1) is 5.82 Å². The van der Waals surface area contributed by atoms with Gasteiger partial charge in [-0.3, -0.25) is 4.79 Å². The van der Waals surface area contributed by atoms with Crippen LogP contribution in [0.15, 0.2) is 41.5 Å². The lowest BCUT2D eigenvalue weighted by atomic mass is 10.1. The summed E-state index contributed by atoms with van der Waals surface area (Å²) in [5, 5.41) is 4.09. The minimum absolute atomic E-state index is 0.143. The molecule has 2 aromatic rings. The molecule has 0 radical (unpaired) electrons. The zero-order chi connectivity index (χ0) is 19.5. The van der Waals surface area contributed by atoms with E-state index < -0.39 is 0 Å². The predicted octanol–water partition coefficient (Wildman–Crippen LogP) is 2.55. The van der Waals surface area contributed by atoms with E-state index in [1.54, 1.807) is 37.3 Å². The van der Waals surface area contributed by atoms with Crippen molar-refractivity contribution in [2.24, 2.45) is 5.10 Å². The van der Waals surface area contributed by atoms with Crippen LogP contribution in [0.3, 0.4) is 0 Å². The first-order chi connectivity index (χ1) is 13.6. The number of halogens is 1. The largest absolute Gasteiger partial charge is 0.454 e. The van der Waals surface area contributed by atoms with Crippen molar-refractivity contribution in [2.75, 3.05) is 38.0 Å². The molecule has 0 saturated carbocycles. The average molecular weight is 385 g/mol. The quantitative estimate of drug-likeness (QED) is 0.647. The van der Waals surface area contributed by atoms with Crippen LogP contribution < -0.4 is 19.8 Å². The van der Waals surface area contributed by atoms with Crippen molar-refractivity contribution in [3.63, 3.8) is 0 Å². The summed E-state index contributed by atoms with van der Waals surface area (Å²) in [6, 6.07) is 9.85. The van der Waals surface area contributed by atoms with Gasteiger partial charge in [0.2, 0.25) is 6.79 Å². The van der Waals surface area contributed by atoms with E-state index in [9.17, 15) is 9.18 Å². The number of hydrogen-bond acceptors (Lipinski definition) is 6. The number of amides is 1. The van der Waals surface area contributed by atoms with Gasteiger partial charge in [-0.1, -0.05) is 6.07 Å². The molecule has 0 bridgehead atoms. The molecule has 2 aromatic carbocycles. The maximum atomic E-state index is 14.5. The highest BCUT2D eigenvalue weighted by molar-refractivity contribution is 6.01. The molecule has 1 amide bonds. The van der Waals surface area contributed by atoms with Crippen LogP contribution in [-0.2, 0) is 4.74 Å². The van der Waals surface area contributed by atoms with E-state index in [0.717, 1.165) is 0 Å². The number of nitrogens with one attached hydrogen (secondary N) is 1. The number of ether oxygens (including phenoxy) is 3. The van der Waals surface area contributed by atoms with Crippen LogP contribution in [-0.4, -0.2) is 44.7 Å². The molecule has 0 aromatic heterocycles. The molecule has 1 N–H and O–H groups in total. The van der Waals surface area contributed by atoms with Crippen LogP contribution in [0.1, 0.15) is 22.8 Å². The van der Waals surface area contributed by atoms with E-state index >= 15 is 0 Å². The summed E-state index contributed by atoms with van der Waals surface area (Å²) in [7, 11) is 0. The summed E-state index contributed by atoms with van der Waals surface area (Å²) in [5.74, 6) is 0.417. The second-order valence-corrected chi connectivity index (χ2v) is 6.47. The number of hydrazone groups is 1. The highest BCUT2D eigenvalue weighted by atomic mass is 19.1. The van der Waals surface area contributed by atoms with Crippen molar-refractivity contribution < 1.29 is 23.4 Å². The monoisotopic (exact) mass is 385 g/mol. The van der Waals surface area contributed by atoms with Gasteiger partial charge in [0.05, 0.1) is 24.6 Å². The van der Waals surface area contributed by atoms with Gasteiger partial charge in [-0.15, -0.1) is 0 Å². The maximum Gasteiger partial charge on any atom is 0.271 e. The molecular formula is C20H20FN3O4. The standard InChI is InChI=1S/C20H20FN3O4/c1-13(14-2-4-17(16(21)10-14)24-6-8-26-9-7-24)22-23-20(25)15-3-5-18-19(11-15)28-12-27-18/h2-5,10-11H,6-9,12H2,1H3,(H,23,25)/b22-13-. The van der Waals surface area contributed by atoms with E-state index in [1.807, 2.05) is 4.90 Å². The lowest BCUT2D eigenvalue weighted by Gasteiger charge is -2.29. The smallest absolute Gasteiger partial charge is 0.271 e. The Balaban J connectivity index is 1.44. The van der Waals surface area contributed by atoms with Crippen LogP contribution in [0.5, 0.6) is 11.5 Å². The molecule has 0 atom stereocenters. The molecule has 1 fully saturated rings. The molecule has 2 aliphatic rings. The summed E-state index contributed by atoms with van der Waals surface area (Å²) < 4.78 is 30.3. The van der Waals surface area contributed by atoms with Gasteiger partial charge in [-0.05, 0) is 37.3 Å². The number of carbonyl (C=O) groups is 1. The Morgan fingerprint density at radius 2 is 1.82 bits per heavy atom. The minimum Gasteiger partial charge on any atom is -0.454 e. The summed E-state index contributed by atoms with van der Waals surface area (Å²) >= 11 is 0. The second kappa shape index (κ2) is 7.85. The summed E-state index contributed by atoms with van der Waals surface area (Å²) in [6.45, 7) is 4.36. The molecule has 28 heavy (non-hydrogen) atoms. The number of carbonyl (C=O) groups excluding carboxylic acids is 1. The number of anilines is 1. The molecular weight excluding hydrogens is 365 g/mol. The van der Waals surface area contributed by atoms with Crippen molar-refractivity contribution in [3.8, 4) is 11.5 Å². The third-order valence-corrected chi connectivity index (χ3v) is 4.68. The zero-order valence-corrected chi connectivity index (χ0v) is 15.4. The summed E-state index contributed by atoms with van der Waals surface area (Å²) in [4.78, 5) is 14.3. The first-order valence-corrected chi connectivity index (χ1v) is 8.99. The number of nitrogens with zero attached hydrogens (tertiary/aromatic N) is 2. The van der Waals surface area contributed by atoms with Crippen LogP contribution in [0.4, 0.5) is 10.1 Å². The lowest BCUT2D eigenvalue weighted by Crippen LogP contribution is -2.36. The number of fused-ring (bicyclic) bond motifs is 1. The Labute approximate surface area is 161 Å². The maximum absolute atomic E-state index is 14.5. The highest BCUT2D eigenvalue weighted by Gasteiger charge is 2.17. The average Bonchev–Trinajstić information content (AvgIpc) is 3.20. The van der Waals surface area contributed by atoms with Crippen molar-refractivity contribution in [1.82, 2.24) is 5.43 Å². The topological polar surface area (TPSA) is 72.4 Å². The molecule has 0 unspecified atom stereocenters. The van der Waals surface area contributed by atoms with Gasteiger partial charge in [0.25, 0.3) is 5.91 Å². The van der Waals surface area contributed by atoms with E-state index in [-0.39, 0.29) is 18.5 Å². The van der Waals surface area contributed by atoms with E-state index in [4.69, 9.17) is 14.2 Å². The number of rotatable bonds is 4. The Kier molecular flexibility index (Phi) is 5.12. The highest BCUT2D eigenvalue weighted by Crippen LogP contribution is 2.32. The van der Waals surface area contributed by atoms with Crippen molar-refractivity contribution in [1.29, 1.82) is 0 Å². The second-order valence-electron chi connectivity index (χ2n) is 6.47. The third kappa shape index (κ3) is 3.77. The first-order valence-electron chi connectivity index (χ1n) is 8.99. The van der Waals surface area contributed by atoms with Crippen LogP contribution >= 0.6 is 0 Å². The predicted molar refractivity (Wildman–Crippen MR) is 102 cm³/mol. The molecule has 146 valence electrons. The molecule has 4 rings (SSSR count). The molecule has 7 nitrogen and oxygen atoms in total. The van der Waals surface area contributed by atoms with Crippen LogP contribution in [0.2, 0.25) is 0 Å². The van der Waals surface area contributed by atoms with Gasteiger partial charge in [0, 0.05) is 24.2 Å². The Hall–Kier alpha value is -3.13. The van der Waals surface area contributed by atoms with Gasteiger partial charge < -0.3 is 19.1 Å². The fourth-order valence-electron chi connectivity index (χ4n) is 3.09. The number of morpholine rings is 1. The number of benzene rings is 2. The van der Waals surface area contributed by atoms with Gasteiger partial charge in [-0.2, -0.15) is 5.10 Å². The molecule has 8 heteroatoms. The summed E-state index contributed by atoms with van der Waals surface area (Å²) in [5.41, 5.74) is 4.53. The van der Waals surface area contributed by atoms with Gasteiger partial charge in [0.15, 0.2) is 11.5 Å². The van der Waals surface area contributed by atoms with E-state index in [0.29, 0.717) is 60.3 Å². The number of hydrogen-bond donors (Lipinski definition) is 1. The van der Waals surface area contributed by atoms with E-state index in [2.05, 4.69) is 10.5 Å². The third-order valence-electron chi connectivity index (χ3n) is 4.68. The molecule has 2 aliphatic heterocycles. The first kappa shape index (κ1) is 18.2. The Morgan fingerprint density at radius 3 is 2.61 bits per heavy atom. The molecule has 0 aliphatic carbocycles. The molecule has 0 spiro atoms. The van der Waals surface area contributed by atoms with Gasteiger partial charge in [-0.25, -0.2) is 9.82 Å². The fourth-order valence-corrected chi connectivity index (χ4v) is 3.09. The Morgan fingerprint density at radius 1 is 1.07 bits per heavy atom. The SMILES string of the molecule is C/C(=N/NC(=O)c1ccc2c(c1)OCO2)c1ccc(N2CCOCC2)c(F)c1. The molecule has 2 heterocycles. The van der Waals surface area contributed by atoms with Gasteiger partial charge in [0.1, 0.15) is 5.82 Å². The lowest BCUT2D eigenvalue weighted by molar-refractivity contribution is 0.0954. The minimum atomic E-state index is -0.386. The fraction of sp³-hybridized carbons (Fsp3) is 0.300. The molecule has 1 saturated heterocycles. The van der Waals surface area contributed by atoms with Gasteiger partial charge >= 0.3 is 0 Å². The van der Waals surface area contributed by atoms with E-state index in [1.165, 1.54) is 6.07 Å². The van der Waals surface area contributed by atoms with Crippen molar-refractivity contribution >= 4 is 17.3 Å². The van der Waals surface area contributed by atoms with Crippen molar-refractivity contribution in [3.05, 3.63) is 53.3 Å². The normalized spacial score (nSPS) is 16.2. The zero-order valence-electron chi connectivity index (χ0n) is 15.4. The Bertz CT molecular complexity index is 926. The summed E-state index contributed by atoms with van der Waals surface area (Å²) in [6.07, 6.45) is 0. The van der Waals surface area contributed by atoms with Crippen LogP contribution in [0.25, 0.3) is 0 Å². The van der Waals surface area contributed by atoms with Crippen molar-refractivity contribution in [2.45, 2.75) is 6.92 Å².